The van der Waals surface area contributed by atoms with Gasteiger partial charge in [0.2, 0.25) is 0 Å². The number of fused-ring (bicyclic) bond motifs is 2. The maximum atomic E-state index is 6.41. The number of nitrogens with one attached hydrogen (secondary N) is 1. The predicted molar refractivity (Wildman–Crippen MR) is 150 cm³/mol. The van der Waals surface area contributed by atoms with Gasteiger partial charge < -0.3 is 20.2 Å². The number of H-pyrrole nitrogens is 1. The van der Waals surface area contributed by atoms with Gasteiger partial charge in [0.05, 0.1) is 35.7 Å². The van der Waals surface area contributed by atoms with E-state index in [1.54, 1.807) is 0 Å². The molecule has 0 radical (unpaired) electrons. The van der Waals surface area contributed by atoms with E-state index in [2.05, 4.69) is 29.5 Å². The van der Waals surface area contributed by atoms with Crippen molar-refractivity contribution in [1.82, 2.24) is 34.6 Å². The van der Waals surface area contributed by atoms with Gasteiger partial charge in [0.15, 0.2) is 5.65 Å². The maximum absolute atomic E-state index is 6.41. The summed E-state index contributed by atoms with van der Waals surface area (Å²) in [5.41, 5.74) is 11.8. The highest BCUT2D eigenvalue weighted by atomic mass is 16.5. The average molecular weight is 525 g/mol. The molecule has 0 amide bonds. The van der Waals surface area contributed by atoms with E-state index in [1.807, 2.05) is 49.4 Å². The summed E-state index contributed by atoms with van der Waals surface area (Å²) < 4.78 is 13.6. The molecule has 3 aromatic heterocycles. The third-order valence-electron chi connectivity index (χ3n) is 8.06. The SMILES string of the molecule is Cc1ccc(Oc2nc3ccc(-c4nn(C5CCC(N6CCOCC6)CC5)c5ncnc(N)c45)cc3[nH]2)cc1. The van der Waals surface area contributed by atoms with E-state index >= 15 is 0 Å². The zero-order chi connectivity index (χ0) is 26.3. The number of aromatic amines is 1. The van der Waals surface area contributed by atoms with Gasteiger partial charge in [-0.2, -0.15) is 10.1 Å². The first-order valence-electron chi connectivity index (χ1n) is 13.7. The van der Waals surface area contributed by atoms with Crippen LogP contribution >= 0.6 is 0 Å². The number of hydrogen-bond donors (Lipinski definition) is 2. The van der Waals surface area contributed by atoms with Crippen molar-refractivity contribution in [3.8, 4) is 23.0 Å². The van der Waals surface area contributed by atoms with Crippen LogP contribution in [0.15, 0.2) is 48.8 Å². The fourth-order valence-electron chi connectivity index (χ4n) is 5.96. The van der Waals surface area contributed by atoms with Gasteiger partial charge in [-0.15, -0.1) is 0 Å². The van der Waals surface area contributed by atoms with Crippen molar-refractivity contribution in [2.75, 3.05) is 32.0 Å². The first-order valence-corrected chi connectivity index (χ1v) is 13.7. The lowest BCUT2D eigenvalue weighted by Gasteiger charge is -2.38. The number of nitrogen functional groups attached to an aromatic ring is 1. The first-order chi connectivity index (χ1) is 19.1. The second kappa shape index (κ2) is 9.94. The van der Waals surface area contributed by atoms with Gasteiger partial charge in [0.25, 0.3) is 6.01 Å². The Hall–Kier alpha value is -4.02. The van der Waals surface area contributed by atoms with E-state index in [-0.39, 0.29) is 6.04 Å². The summed E-state index contributed by atoms with van der Waals surface area (Å²) >= 11 is 0. The number of anilines is 1. The minimum atomic E-state index is 0.276. The predicted octanol–water partition coefficient (Wildman–Crippen LogP) is 4.87. The normalized spacial score (nSPS) is 20.5. The third-order valence-corrected chi connectivity index (χ3v) is 8.06. The Labute approximate surface area is 226 Å². The zero-order valence-corrected chi connectivity index (χ0v) is 22.0. The molecule has 10 heteroatoms. The lowest BCUT2D eigenvalue weighted by Crippen LogP contribution is -2.45. The number of ether oxygens (including phenoxy) is 2. The second-order valence-corrected chi connectivity index (χ2v) is 10.6. The molecule has 7 rings (SSSR count). The van der Waals surface area contributed by atoms with Gasteiger partial charge in [-0.25, -0.2) is 14.6 Å². The van der Waals surface area contributed by atoms with Gasteiger partial charge in [0.1, 0.15) is 23.6 Å². The Kier molecular flexibility index (Phi) is 6.13. The summed E-state index contributed by atoms with van der Waals surface area (Å²) in [4.78, 5) is 19.4. The van der Waals surface area contributed by atoms with Crippen molar-refractivity contribution in [1.29, 1.82) is 0 Å². The van der Waals surface area contributed by atoms with Crippen molar-refractivity contribution in [3.05, 3.63) is 54.4 Å². The molecule has 0 spiro atoms. The number of morpholine rings is 1. The molecule has 1 aliphatic heterocycles. The van der Waals surface area contributed by atoms with Crippen LogP contribution in [0.1, 0.15) is 37.3 Å². The Morgan fingerprint density at radius 1 is 0.974 bits per heavy atom. The summed E-state index contributed by atoms with van der Waals surface area (Å²) in [7, 11) is 0. The largest absolute Gasteiger partial charge is 0.426 e. The van der Waals surface area contributed by atoms with Crippen LogP contribution in [0, 0.1) is 6.92 Å². The monoisotopic (exact) mass is 524 g/mol. The molecule has 2 aliphatic rings. The molecule has 39 heavy (non-hydrogen) atoms. The number of aromatic nitrogens is 6. The molecular weight excluding hydrogens is 492 g/mol. The number of imidazole rings is 1. The molecule has 2 aromatic carbocycles. The van der Waals surface area contributed by atoms with E-state index in [0.29, 0.717) is 17.9 Å². The average Bonchev–Trinajstić information content (AvgIpc) is 3.56. The highest BCUT2D eigenvalue weighted by Crippen LogP contribution is 2.37. The van der Waals surface area contributed by atoms with Crippen LogP contribution in [0.4, 0.5) is 5.82 Å². The molecule has 0 bridgehead atoms. The van der Waals surface area contributed by atoms with E-state index in [9.17, 15) is 0 Å². The first kappa shape index (κ1) is 24.1. The highest BCUT2D eigenvalue weighted by Gasteiger charge is 2.30. The van der Waals surface area contributed by atoms with Gasteiger partial charge in [-0.1, -0.05) is 23.8 Å². The lowest BCUT2D eigenvalue weighted by molar-refractivity contribution is 0.00520. The summed E-state index contributed by atoms with van der Waals surface area (Å²) in [6.45, 7) is 5.78. The van der Waals surface area contributed by atoms with Crippen LogP contribution < -0.4 is 10.5 Å². The van der Waals surface area contributed by atoms with Crippen LogP contribution in [-0.4, -0.2) is 67.0 Å². The quantitative estimate of drug-likeness (QED) is 0.334. The Bertz CT molecular complexity index is 1610. The standard InChI is InChI=1S/C29H32N8O2/c1-18-2-9-22(10-3-18)39-29-33-23-11-4-19(16-24(23)34-29)26-25-27(30)31-17-32-28(25)37(35-26)21-7-5-20(6-8-21)36-12-14-38-15-13-36/h2-4,9-11,16-17,20-21H,5-8,12-15H2,1H3,(H,33,34)(H2,30,31,32). The Morgan fingerprint density at radius 2 is 1.74 bits per heavy atom. The van der Waals surface area contributed by atoms with Crippen molar-refractivity contribution < 1.29 is 9.47 Å². The topological polar surface area (TPSA) is 120 Å². The van der Waals surface area contributed by atoms with Crippen LogP contribution in [0.3, 0.4) is 0 Å². The molecule has 0 unspecified atom stereocenters. The lowest BCUT2D eigenvalue weighted by atomic mass is 9.90. The smallest absolute Gasteiger partial charge is 0.300 e. The number of nitrogens with zero attached hydrogens (tertiary/aromatic N) is 6. The summed E-state index contributed by atoms with van der Waals surface area (Å²) in [6, 6.07) is 15.3. The fraction of sp³-hybridized carbons (Fsp3) is 0.379. The van der Waals surface area contributed by atoms with Gasteiger partial charge in [-0.3, -0.25) is 4.90 Å². The van der Waals surface area contributed by atoms with E-state index < -0.39 is 0 Å². The zero-order valence-electron chi connectivity index (χ0n) is 22.0. The van der Waals surface area contributed by atoms with Gasteiger partial charge in [0, 0.05) is 24.7 Å². The Morgan fingerprint density at radius 3 is 2.54 bits per heavy atom. The molecule has 200 valence electrons. The van der Waals surface area contributed by atoms with Crippen LogP contribution in [-0.2, 0) is 4.74 Å². The summed E-state index contributed by atoms with van der Waals surface area (Å²) in [5, 5.41) is 5.90. The van der Waals surface area contributed by atoms with E-state index in [1.165, 1.54) is 11.9 Å². The van der Waals surface area contributed by atoms with E-state index in [4.69, 9.17) is 20.3 Å². The fourth-order valence-corrected chi connectivity index (χ4v) is 5.96. The van der Waals surface area contributed by atoms with Gasteiger partial charge >= 0.3 is 0 Å². The molecule has 2 fully saturated rings. The molecular formula is C29H32N8O2. The third kappa shape index (κ3) is 4.59. The minimum Gasteiger partial charge on any atom is -0.426 e. The number of benzene rings is 2. The van der Waals surface area contributed by atoms with Crippen molar-refractivity contribution in [2.24, 2.45) is 0 Å². The van der Waals surface area contributed by atoms with E-state index in [0.717, 1.165) is 91.1 Å². The minimum absolute atomic E-state index is 0.276. The van der Waals surface area contributed by atoms with Crippen LogP contribution in [0.5, 0.6) is 11.8 Å². The van der Waals surface area contributed by atoms with Gasteiger partial charge in [-0.05, 0) is 56.9 Å². The van der Waals surface area contributed by atoms with Crippen LogP contribution in [0.2, 0.25) is 0 Å². The second-order valence-electron chi connectivity index (χ2n) is 10.6. The molecule has 10 nitrogen and oxygen atoms in total. The van der Waals surface area contributed by atoms with Crippen LogP contribution in [0.25, 0.3) is 33.3 Å². The molecule has 1 aliphatic carbocycles. The summed E-state index contributed by atoms with van der Waals surface area (Å²) in [6.07, 6.45) is 5.94. The number of rotatable bonds is 5. The number of nitrogens with two attached hydrogens (primary N) is 1. The number of hydrogen-bond acceptors (Lipinski definition) is 8. The number of aryl methyl sites for hydroxylation is 1. The molecule has 0 atom stereocenters. The molecule has 4 heterocycles. The molecule has 1 saturated heterocycles. The molecule has 1 saturated carbocycles. The Balaban J connectivity index is 1.18. The van der Waals surface area contributed by atoms with Crippen molar-refractivity contribution in [3.63, 3.8) is 0 Å². The highest BCUT2D eigenvalue weighted by molar-refractivity contribution is 5.99. The maximum Gasteiger partial charge on any atom is 0.300 e. The van der Waals surface area contributed by atoms with Crippen molar-refractivity contribution >= 4 is 27.9 Å². The van der Waals surface area contributed by atoms with Crippen molar-refractivity contribution in [2.45, 2.75) is 44.7 Å². The molecule has 3 N–H and O–H groups in total. The summed E-state index contributed by atoms with van der Waals surface area (Å²) in [5.74, 6) is 1.18. The molecule has 5 aromatic rings.